The Labute approximate surface area is 92.0 Å². The Bertz CT molecular complexity index is 297. The molecule has 8 atom stereocenters. The highest BCUT2D eigenvalue weighted by molar-refractivity contribution is 5.29. The van der Waals surface area contributed by atoms with Crippen molar-refractivity contribution < 1.29 is 0 Å². The fourth-order valence-electron chi connectivity index (χ4n) is 7.20. The van der Waals surface area contributed by atoms with Gasteiger partial charge in [-0.2, -0.15) is 0 Å². The highest BCUT2D eigenvalue weighted by atomic mass is 15.0. The Morgan fingerprint density at radius 2 is 1.47 bits per heavy atom. The molecule has 0 aromatic heterocycles. The van der Waals surface area contributed by atoms with Crippen LogP contribution in [0.4, 0.5) is 0 Å². The second-order valence-corrected chi connectivity index (χ2v) is 6.92. The zero-order chi connectivity index (χ0) is 9.73. The number of rotatable bonds is 3. The molecule has 1 nitrogen and oxygen atoms in total. The molecule has 0 saturated heterocycles. The molecule has 0 amide bonds. The van der Waals surface area contributed by atoms with Gasteiger partial charge >= 0.3 is 0 Å². The molecule has 6 rings (SSSR count). The SMILES string of the molecule is CCCNC1C2C3CC4C5CC(C42)C1C53. The van der Waals surface area contributed by atoms with Crippen LogP contribution in [0.15, 0.2) is 0 Å². The summed E-state index contributed by atoms with van der Waals surface area (Å²) < 4.78 is 0. The molecule has 0 aliphatic heterocycles. The van der Waals surface area contributed by atoms with E-state index in [4.69, 9.17) is 0 Å². The standard InChI is InChI=1S/C14H21N/c1-2-3-15-14-12-8-4-6-7-5-9(10(6)12)13(14)11(7)8/h6-15H,2-5H2,1H3. The zero-order valence-electron chi connectivity index (χ0n) is 9.52. The van der Waals surface area contributed by atoms with Crippen LogP contribution in [0.5, 0.6) is 0 Å². The van der Waals surface area contributed by atoms with Crippen LogP contribution in [-0.4, -0.2) is 12.6 Å². The first-order valence-electron chi connectivity index (χ1n) is 7.15. The molecule has 8 unspecified atom stereocenters. The quantitative estimate of drug-likeness (QED) is 0.741. The maximum absolute atomic E-state index is 3.91. The minimum Gasteiger partial charge on any atom is -0.313 e. The topological polar surface area (TPSA) is 12.0 Å². The number of nitrogens with one attached hydrogen (secondary N) is 1. The number of hydrogen-bond acceptors (Lipinski definition) is 1. The zero-order valence-corrected chi connectivity index (χ0v) is 9.52. The van der Waals surface area contributed by atoms with Crippen molar-refractivity contribution in [3.05, 3.63) is 0 Å². The summed E-state index contributed by atoms with van der Waals surface area (Å²) in [5.41, 5.74) is 0. The maximum Gasteiger partial charge on any atom is 0.0135 e. The smallest absolute Gasteiger partial charge is 0.0135 e. The van der Waals surface area contributed by atoms with E-state index in [0.29, 0.717) is 0 Å². The fourth-order valence-corrected chi connectivity index (χ4v) is 7.20. The van der Waals surface area contributed by atoms with Crippen molar-refractivity contribution in [2.45, 2.75) is 32.2 Å². The molecular formula is C14H21N. The second kappa shape index (κ2) is 2.30. The summed E-state index contributed by atoms with van der Waals surface area (Å²) >= 11 is 0. The first-order valence-corrected chi connectivity index (χ1v) is 7.15. The van der Waals surface area contributed by atoms with Gasteiger partial charge in [-0.25, -0.2) is 0 Å². The van der Waals surface area contributed by atoms with Crippen molar-refractivity contribution in [2.24, 2.45) is 47.3 Å². The van der Waals surface area contributed by atoms with E-state index in [0.717, 1.165) is 17.9 Å². The maximum atomic E-state index is 3.91. The Morgan fingerprint density at radius 1 is 0.867 bits per heavy atom. The van der Waals surface area contributed by atoms with Crippen molar-refractivity contribution in [2.75, 3.05) is 6.54 Å². The van der Waals surface area contributed by atoms with E-state index in [9.17, 15) is 0 Å². The lowest BCUT2D eigenvalue weighted by molar-refractivity contribution is 0.132. The van der Waals surface area contributed by atoms with E-state index in [2.05, 4.69) is 12.2 Å². The van der Waals surface area contributed by atoms with Gasteiger partial charge in [-0.15, -0.1) is 0 Å². The molecule has 6 aliphatic rings. The minimum atomic E-state index is 0.965. The molecule has 6 aliphatic carbocycles. The van der Waals surface area contributed by atoms with Gasteiger partial charge in [0.25, 0.3) is 0 Å². The highest BCUT2D eigenvalue weighted by Gasteiger charge is 2.79. The molecule has 0 aromatic rings. The van der Waals surface area contributed by atoms with Crippen molar-refractivity contribution in [1.82, 2.24) is 5.32 Å². The molecule has 0 heterocycles. The molecule has 1 N–H and O–H groups in total. The third-order valence-corrected chi connectivity index (χ3v) is 6.95. The predicted octanol–water partition coefficient (Wildman–Crippen LogP) is 2.13. The van der Waals surface area contributed by atoms with Crippen LogP contribution in [0.25, 0.3) is 0 Å². The van der Waals surface area contributed by atoms with Crippen LogP contribution in [-0.2, 0) is 0 Å². The molecule has 0 spiro atoms. The molecule has 6 fully saturated rings. The average Bonchev–Trinajstić information content (AvgIpc) is 2.91. The summed E-state index contributed by atoms with van der Waals surface area (Å²) in [4.78, 5) is 0. The van der Waals surface area contributed by atoms with Crippen LogP contribution in [0.1, 0.15) is 26.2 Å². The summed E-state index contributed by atoms with van der Waals surface area (Å²) in [5, 5.41) is 3.91. The van der Waals surface area contributed by atoms with E-state index in [1.165, 1.54) is 48.5 Å². The molecule has 6 bridgehead atoms. The van der Waals surface area contributed by atoms with Gasteiger partial charge in [-0.05, 0) is 73.2 Å². The van der Waals surface area contributed by atoms with Crippen molar-refractivity contribution in [1.29, 1.82) is 0 Å². The summed E-state index contributed by atoms with van der Waals surface area (Å²) in [5.74, 6) is 9.46. The van der Waals surface area contributed by atoms with Gasteiger partial charge in [0.15, 0.2) is 0 Å². The van der Waals surface area contributed by atoms with Gasteiger partial charge in [0.1, 0.15) is 0 Å². The lowest BCUT2D eigenvalue weighted by Crippen LogP contribution is -2.35. The Morgan fingerprint density at radius 3 is 2.00 bits per heavy atom. The summed E-state index contributed by atoms with van der Waals surface area (Å²) in [6, 6.07) is 0.965. The van der Waals surface area contributed by atoms with E-state index >= 15 is 0 Å². The van der Waals surface area contributed by atoms with Crippen LogP contribution < -0.4 is 5.32 Å². The largest absolute Gasteiger partial charge is 0.313 e. The molecular weight excluding hydrogens is 182 g/mol. The third-order valence-electron chi connectivity index (χ3n) is 6.95. The highest BCUT2D eigenvalue weighted by Crippen LogP contribution is 2.82. The normalized spacial score (nSPS) is 70.6. The van der Waals surface area contributed by atoms with E-state index < -0.39 is 0 Å². The van der Waals surface area contributed by atoms with Crippen LogP contribution in [0, 0.1) is 47.3 Å². The Kier molecular flexibility index (Phi) is 1.24. The lowest BCUT2D eigenvalue weighted by Gasteiger charge is -2.33. The van der Waals surface area contributed by atoms with Gasteiger partial charge in [-0.1, -0.05) is 6.92 Å². The van der Waals surface area contributed by atoms with Gasteiger partial charge in [0, 0.05) is 6.04 Å². The Balaban J connectivity index is 1.55. The summed E-state index contributed by atoms with van der Waals surface area (Å²) in [7, 11) is 0. The van der Waals surface area contributed by atoms with Crippen molar-refractivity contribution in [3.63, 3.8) is 0 Å². The first-order chi connectivity index (χ1) is 7.42. The van der Waals surface area contributed by atoms with E-state index in [1.807, 2.05) is 0 Å². The summed E-state index contributed by atoms with van der Waals surface area (Å²) in [6.07, 6.45) is 4.59. The van der Waals surface area contributed by atoms with Crippen LogP contribution in [0.3, 0.4) is 0 Å². The van der Waals surface area contributed by atoms with Gasteiger partial charge in [-0.3, -0.25) is 0 Å². The second-order valence-electron chi connectivity index (χ2n) is 6.92. The molecule has 15 heavy (non-hydrogen) atoms. The van der Waals surface area contributed by atoms with Crippen molar-refractivity contribution in [3.8, 4) is 0 Å². The van der Waals surface area contributed by atoms with Crippen LogP contribution in [0.2, 0.25) is 0 Å². The van der Waals surface area contributed by atoms with Gasteiger partial charge in [0.05, 0.1) is 0 Å². The monoisotopic (exact) mass is 203 g/mol. The average molecular weight is 203 g/mol. The number of hydrogen-bond donors (Lipinski definition) is 1. The van der Waals surface area contributed by atoms with E-state index in [-0.39, 0.29) is 0 Å². The first kappa shape index (κ1) is 8.11. The van der Waals surface area contributed by atoms with E-state index in [1.54, 1.807) is 12.8 Å². The van der Waals surface area contributed by atoms with Gasteiger partial charge < -0.3 is 5.32 Å². The third kappa shape index (κ3) is 0.638. The molecule has 0 radical (unpaired) electrons. The minimum absolute atomic E-state index is 0.965. The van der Waals surface area contributed by atoms with Gasteiger partial charge in [0.2, 0.25) is 0 Å². The molecule has 82 valence electrons. The lowest BCUT2D eigenvalue weighted by atomic mass is 9.71. The van der Waals surface area contributed by atoms with Crippen LogP contribution >= 0.6 is 0 Å². The summed E-state index contributed by atoms with van der Waals surface area (Å²) in [6.45, 7) is 3.57. The predicted molar refractivity (Wildman–Crippen MR) is 59.2 cm³/mol. The Hall–Kier alpha value is -0.0400. The molecule has 6 saturated carbocycles. The van der Waals surface area contributed by atoms with Crippen molar-refractivity contribution >= 4 is 0 Å². The fraction of sp³-hybridized carbons (Fsp3) is 1.00. The molecule has 1 heteroatoms. The molecule has 0 aromatic carbocycles.